The van der Waals surface area contributed by atoms with Crippen molar-refractivity contribution in [1.82, 2.24) is 4.90 Å². The molecule has 6 heteroatoms. The SMILES string of the molecule is CN(CC(N)=NO)C(=O)C1CCCO1. The molecule has 0 spiro atoms. The van der Waals surface area contributed by atoms with Gasteiger partial charge in [0.05, 0.1) is 6.54 Å². The lowest BCUT2D eigenvalue weighted by atomic mass is 10.2. The van der Waals surface area contributed by atoms with Crippen LogP contribution in [0, 0.1) is 0 Å². The van der Waals surface area contributed by atoms with Crippen molar-refractivity contribution in [3.63, 3.8) is 0 Å². The maximum absolute atomic E-state index is 11.6. The Kier molecular flexibility index (Phi) is 3.70. The zero-order valence-electron chi connectivity index (χ0n) is 8.14. The summed E-state index contributed by atoms with van der Waals surface area (Å²) in [5.41, 5.74) is 5.28. The molecule has 3 N–H and O–H groups in total. The number of rotatable bonds is 3. The van der Waals surface area contributed by atoms with Gasteiger partial charge in [0.2, 0.25) is 0 Å². The fraction of sp³-hybridized carbons (Fsp3) is 0.750. The van der Waals surface area contributed by atoms with Gasteiger partial charge in [0.15, 0.2) is 5.84 Å². The molecule has 80 valence electrons. The number of oxime groups is 1. The van der Waals surface area contributed by atoms with Crippen LogP contribution < -0.4 is 5.73 Å². The van der Waals surface area contributed by atoms with Gasteiger partial charge in [-0.1, -0.05) is 5.16 Å². The van der Waals surface area contributed by atoms with Crippen LogP contribution in [0.2, 0.25) is 0 Å². The number of hydrogen-bond donors (Lipinski definition) is 2. The molecule has 1 aliphatic rings. The largest absolute Gasteiger partial charge is 0.409 e. The average molecular weight is 201 g/mol. The molecule has 0 saturated carbocycles. The minimum absolute atomic E-state index is 0.0128. The van der Waals surface area contributed by atoms with Crippen LogP contribution in [0.5, 0.6) is 0 Å². The van der Waals surface area contributed by atoms with E-state index in [1.165, 1.54) is 4.90 Å². The molecule has 0 radical (unpaired) electrons. The van der Waals surface area contributed by atoms with Crippen LogP contribution >= 0.6 is 0 Å². The van der Waals surface area contributed by atoms with Crippen molar-refractivity contribution >= 4 is 11.7 Å². The third-order valence-corrected chi connectivity index (χ3v) is 2.11. The number of nitrogens with two attached hydrogens (primary N) is 1. The number of amides is 1. The van der Waals surface area contributed by atoms with Crippen LogP contribution in [0.4, 0.5) is 0 Å². The van der Waals surface area contributed by atoms with E-state index in [-0.39, 0.29) is 24.4 Å². The standard InChI is InChI=1S/C8H15N3O3/c1-11(5-7(9)10-13)8(12)6-3-2-4-14-6/h6,13H,2-5H2,1H3,(H2,9,10). The molecule has 0 aromatic heterocycles. The molecule has 1 saturated heterocycles. The lowest BCUT2D eigenvalue weighted by Crippen LogP contribution is -2.41. The normalized spacial score (nSPS) is 22.4. The van der Waals surface area contributed by atoms with E-state index in [0.29, 0.717) is 6.61 Å². The molecule has 0 bridgehead atoms. The first-order valence-electron chi connectivity index (χ1n) is 4.48. The molecular weight excluding hydrogens is 186 g/mol. The molecule has 1 atom stereocenters. The second-order valence-electron chi connectivity index (χ2n) is 3.29. The number of amidine groups is 1. The Morgan fingerprint density at radius 3 is 3.00 bits per heavy atom. The number of nitrogens with zero attached hydrogens (tertiary/aromatic N) is 2. The first kappa shape index (κ1) is 10.8. The van der Waals surface area contributed by atoms with E-state index in [2.05, 4.69) is 5.16 Å². The summed E-state index contributed by atoms with van der Waals surface area (Å²) < 4.78 is 5.22. The molecule has 6 nitrogen and oxygen atoms in total. The minimum atomic E-state index is -0.355. The van der Waals surface area contributed by atoms with E-state index in [0.717, 1.165) is 12.8 Å². The Bertz CT molecular complexity index is 236. The lowest BCUT2D eigenvalue weighted by molar-refractivity contribution is -0.138. The van der Waals surface area contributed by atoms with Crippen molar-refractivity contribution < 1.29 is 14.7 Å². The third-order valence-electron chi connectivity index (χ3n) is 2.11. The Morgan fingerprint density at radius 1 is 1.79 bits per heavy atom. The summed E-state index contributed by atoms with van der Waals surface area (Å²) in [7, 11) is 1.60. The van der Waals surface area contributed by atoms with Crippen LogP contribution in [0.1, 0.15) is 12.8 Å². The van der Waals surface area contributed by atoms with E-state index < -0.39 is 0 Å². The minimum Gasteiger partial charge on any atom is -0.409 e. The van der Waals surface area contributed by atoms with Crippen LogP contribution in [-0.2, 0) is 9.53 Å². The highest BCUT2D eigenvalue weighted by Crippen LogP contribution is 2.13. The van der Waals surface area contributed by atoms with E-state index in [9.17, 15) is 4.79 Å². The van der Waals surface area contributed by atoms with E-state index in [1.807, 2.05) is 0 Å². The van der Waals surface area contributed by atoms with Gasteiger partial charge in [-0.05, 0) is 12.8 Å². The van der Waals surface area contributed by atoms with Gasteiger partial charge in [0.25, 0.3) is 5.91 Å². The molecule has 1 aliphatic heterocycles. The maximum atomic E-state index is 11.6. The number of carbonyl (C=O) groups is 1. The molecule has 1 rings (SSSR count). The van der Waals surface area contributed by atoms with Crippen molar-refractivity contribution in [3.8, 4) is 0 Å². The summed E-state index contributed by atoms with van der Waals surface area (Å²) in [6, 6.07) is 0. The Morgan fingerprint density at radius 2 is 2.50 bits per heavy atom. The molecule has 14 heavy (non-hydrogen) atoms. The summed E-state index contributed by atoms with van der Waals surface area (Å²) in [4.78, 5) is 13.0. The smallest absolute Gasteiger partial charge is 0.251 e. The van der Waals surface area contributed by atoms with Crippen molar-refractivity contribution in [2.45, 2.75) is 18.9 Å². The molecule has 0 aromatic rings. The molecule has 1 fully saturated rings. The fourth-order valence-electron chi connectivity index (χ4n) is 1.37. The second kappa shape index (κ2) is 4.80. The summed E-state index contributed by atoms with van der Waals surface area (Å²) in [5, 5.41) is 11.1. The highest BCUT2D eigenvalue weighted by atomic mass is 16.5. The monoisotopic (exact) mass is 201 g/mol. The zero-order chi connectivity index (χ0) is 10.6. The summed E-state index contributed by atoms with van der Waals surface area (Å²) >= 11 is 0. The van der Waals surface area contributed by atoms with Crippen molar-refractivity contribution in [1.29, 1.82) is 0 Å². The molecular formula is C8H15N3O3. The maximum Gasteiger partial charge on any atom is 0.251 e. The predicted molar refractivity (Wildman–Crippen MR) is 50.0 cm³/mol. The molecule has 1 heterocycles. The number of likely N-dealkylation sites (N-methyl/N-ethyl adjacent to an activating group) is 1. The first-order valence-corrected chi connectivity index (χ1v) is 4.48. The highest BCUT2D eigenvalue weighted by molar-refractivity contribution is 5.88. The molecule has 0 aliphatic carbocycles. The first-order chi connectivity index (χ1) is 6.65. The van der Waals surface area contributed by atoms with Gasteiger partial charge in [-0.2, -0.15) is 0 Å². The van der Waals surface area contributed by atoms with Crippen molar-refractivity contribution in [2.75, 3.05) is 20.2 Å². The van der Waals surface area contributed by atoms with Crippen molar-refractivity contribution in [2.24, 2.45) is 10.9 Å². The van der Waals surface area contributed by atoms with Gasteiger partial charge in [-0.3, -0.25) is 4.79 Å². The summed E-state index contributed by atoms with van der Waals surface area (Å²) in [6.45, 7) is 0.753. The van der Waals surface area contributed by atoms with Crippen LogP contribution in [-0.4, -0.2) is 48.2 Å². The van der Waals surface area contributed by atoms with Gasteiger partial charge in [0, 0.05) is 13.7 Å². The highest BCUT2D eigenvalue weighted by Gasteiger charge is 2.26. The number of hydrogen-bond acceptors (Lipinski definition) is 4. The van der Waals surface area contributed by atoms with Gasteiger partial charge in [0.1, 0.15) is 6.10 Å². The van der Waals surface area contributed by atoms with Crippen LogP contribution in [0.3, 0.4) is 0 Å². The average Bonchev–Trinajstić information content (AvgIpc) is 2.69. The summed E-state index contributed by atoms with van der Waals surface area (Å²) in [5.74, 6) is -0.104. The van der Waals surface area contributed by atoms with Crippen LogP contribution in [0.15, 0.2) is 5.16 Å². The van der Waals surface area contributed by atoms with Crippen molar-refractivity contribution in [3.05, 3.63) is 0 Å². The molecule has 1 amide bonds. The van der Waals surface area contributed by atoms with Gasteiger partial charge in [-0.25, -0.2) is 0 Å². The fourth-order valence-corrected chi connectivity index (χ4v) is 1.37. The number of ether oxygens (including phenoxy) is 1. The molecule has 1 unspecified atom stereocenters. The van der Waals surface area contributed by atoms with Gasteiger partial charge >= 0.3 is 0 Å². The van der Waals surface area contributed by atoms with E-state index in [1.54, 1.807) is 7.05 Å². The third kappa shape index (κ3) is 2.59. The predicted octanol–water partition coefficient (Wildman–Crippen LogP) is -0.630. The van der Waals surface area contributed by atoms with Gasteiger partial charge < -0.3 is 20.6 Å². The Hall–Kier alpha value is -1.30. The quantitative estimate of drug-likeness (QED) is 0.275. The second-order valence-corrected chi connectivity index (χ2v) is 3.29. The number of carbonyl (C=O) groups excluding carboxylic acids is 1. The topological polar surface area (TPSA) is 88.1 Å². The van der Waals surface area contributed by atoms with E-state index in [4.69, 9.17) is 15.7 Å². The Labute approximate surface area is 82.3 Å². The molecule has 0 aromatic carbocycles. The van der Waals surface area contributed by atoms with E-state index >= 15 is 0 Å². The Balaban J connectivity index is 2.43. The van der Waals surface area contributed by atoms with Crippen LogP contribution in [0.25, 0.3) is 0 Å². The zero-order valence-corrected chi connectivity index (χ0v) is 8.14. The summed E-state index contributed by atoms with van der Waals surface area (Å²) in [6.07, 6.45) is 1.30. The lowest BCUT2D eigenvalue weighted by Gasteiger charge is -2.19. The van der Waals surface area contributed by atoms with Gasteiger partial charge in [-0.15, -0.1) is 0 Å².